The molecule has 0 bridgehead atoms. The molecule has 0 heterocycles. The highest BCUT2D eigenvalue weighted by molar-refractivity contribution is 5.37. The van der Waals surface area contributed by atoms with Crippen molar-refractivity contribution >= 4 is 5.69 Å². The first-order chi connectivity index (χ1) is 7.38. The monoisotopic (exact) mass is 225 g/mol. The molecule has 1 rings (SSSR count). The Morgan fingerprint density at radius 2 is 2.19 bits per heavy atom. The second-order valence-corrected chi connectivity index (χ2v) is 4.17. The van der Waals surface area contributed by atoms with Gasteiger partial charge in [0.1, 0.15) is 5.75 Å². The van der Waals surface area contributed by atoms with Gasteiger partial charge in [-0.3, -0.25) is 10.1 Å². The van der Waals surface area contributed by atoms with Gasteiger partial charge in [0.25, 0.3) is 5.69 Å². The van der Waals surface area contributed by atoms with Gasteiger partial charge in [0.05, 0.1) is 23.2 Å². The zero-order chi connectivity index (χ0) is 12.2. The number of nitrogens with zero attached hydrogens (tertiary/aromatic N) is 1. The highest BCUT2D eigenvalue weighted by atomic mass is 16.6. The Bertz CT molecular complexity index is 370. The molecule has 1 aromatic rings. The number of non-ortho nitro benzene ring substituents is 1. The summed E-state index contributed by atoms with van der Waals surface area (Å²) in [6.45, 7) is 3.69. The minimum Gasteiger partial charge on any atom is -0.493 e. The van der Waals surface area contributed by atoms with Crippen molar-refractivity contribution in [2.45, 2.75) is 25.9 Å². The van der Waals surface area contributed by atoms with Gasteiger partial charge in [0, 0.05) is 12.5 Å². The summed E-state index contributed by atoms with van der Waals surface area (Å²) in [5, 5.41) is 19.9. The van der Waals surface area contributed by atoms with E-state index >= 15 is 0 Å². The predicted molar refractivity (Wildman–Crippen MR) is 59.5 cm³/mol. The molecular formula is C11H15NO4. The Labute approximate surface area is 93.8 Å². The van der Waals surface area contributed by atoms with Gasteiger partial charge in [-0.1, -0.05) is 6.07 Å². The Morgan fingerprint density at radius 3 is 2.75 bits per heavy atom. The smallest absolute Gasteiger partial charge is 0.273 e. The molecule has 0 radical (unpaired) electrons. The summed E-state index contributed by atoms with van der Waals surface area (Å²) in [7, 11) is 0. The molecule has 0 aliphatic heterocycles. The number of hydrogen-bond acceptors (Lipinski definition) is 4. The number of rotatable bonds is 5. The molecule has 0 saturated heterocycles. The van der Waals surface area contributed by atoms with Crippen LogP contribution in [0.4, 0.5) is 5.69 Å². The maximum Gasteiger partial charge on any atom is 0.273 e. The van der Waals surface area contributed by atoms with Crippen LogP contribution in [0, 0.1) is 10.1 Å². The van der Waals surface area contributed by atoms with Crippen molar-refractivity contribution < 1.29 is 14.8 Å². The van der Waals surface area contributed by atoms with Crippen LogP contribution in [0.2, 0.25) is 0 Å². The number of aliphatic hydroxyl groups is 1. The van der Waals surface area contributed by atoms with Gasteiger partial charge in [-0.05, 0) is 19.9 Å². The van der Waals surface area contributed by atoms with E-state index in [-0.39, 0.29) is 5.69 Å². The fraction of sp³-hybridized carbons (Fsp3) is 0.455. The van der Waals surface area contributed by atoms with Gasteiger partial charge in [-0.25, -0.2) is 0 Å². The topological polar surface area (TPSA) is 72.6 Å². The minimum absolute atomic E-state index is 0.000702. The normalized spacial score (nSPS) is 11.2. The molecule has 5 nitrogen and oxygen atoms in total. The minimum atomic E-state index is -0.791. The summed E-state index contributed by atoms with van der Waals surface area (Å²) in [5.41, 5.74) is -0.790. The zero-order valence-corrected chi connectivity index (χ0v) is 9.34. The van der Waals surface area contributed by atoms with Gasteiger partial charge < -0.3 is 9.84 Å². The third-order valence-electron chi connectivity index (χ3n) is 2.01. The molecule has 0 spiro atoms. The fourth-order valence-electron chi connectivity index (χ4n) is 1.11. The van der Waals surface area contributed by atoms with E-state index in [1.54, 1.807) is 26.0 Å². The standard InChI is InChI=1S/C11H15NO4/c1-11(2,13)6-7-16-10-5-3-4-9(8-10)12(14)15/h3-5,8,13H,6-7H2,1-2H3. The molecule has 0 amide bonds. The van der Waals surface area contributed by atoms with E-state index in [1.165, 1.54) is 12.1 Å². The molecule has 0 atom stereocenters. The van der Waals surface area contributed by atoms with Crippen LogP contribution >= 0.6 is 0 Å². The van der Waals surface area contributed by atoms with Crippen LogP contribution in [-0.4, -0.2) is 22.2 Å². The van der Waals surface area contributed by atoms with E-state index in [9.17, 15) is 15.2 Å². The van der Waals surface area contributed by atoms with Crippen LogP contribution in [-0.2, 0) is 0 Å². The lowest BCUT2D eigenvalue weighted by Crippen LogP contribution is -2.21. The Kier molecular flexibility index (Phi) is 3.84. The van der Waals surface area contributed by atoms with Crippen molar-refractivity contribution in [3.63, 3.8) is 0 Å². The van der Waals surface area contributed by atoms with Crippen LogP contribution in [0.5, 0.6) is 5.75 Å². The molecule has 0 fully saturated rings. The van der Waals surface area contributed by atoms with Crippen LogP contribution in [0.1, 0.15) is 20.3 Å². The molecule has 16 heavy (non-hydrogen) atoms. The van der Waals surface area contributed by atoms with Crippen LogP contribution in [0.15, 0.2) is 24.3 Å². The van der Waals surface area contributed by atoms with Gasteiger partial charge >= 0.3 is 0 Å². The average Bonchev–Trinajstić information content (AvgIpc) is 2.16. The first-order valence-electron chi connectivity index (χ1n) is 4.98. The van der Waals surface area contributed by atoms with Gasteiger partial charge in [0.15, 0.2) is 0 Å². The first-order valence-corrected chi connectivity index (χ1v) is 4.98. The number of benzene rings is 1. The lowest BCUT2D eigenvalue weighted by Gasteiger charge is -2.16. The first kappa shape index (κ1) is 12.4. The molecule has 0 unspecified atom stereocenters. The van der Waals surface area contributed by atoms with Crippen molar-refractivity contribution in [3.05, 3.63) is 34.4 Å². The van der Waals surface area contributed by atoms with E-state index in [0.717, 1.165) is 0 Å². The second-order valence-electron chi connectivity index (χ2n) is 4.17. The van der Waals surface area contributed by atoms with Crippen LogP contribution in [0.3, 0.4) is 0 Å². The summed E-state index contributed by atoms with van der Waals surface area (Å²) in [6.07, 6.45) is 0.468. The molecule has 1 N–H and O–H groups in total. The molecule has 0 saturated carbocycles. The molecule has 5 heteroatoms. The third kappa shape index (κ3) is 4.27. The fourth-order valence-corrected chi connectivity index (χ4v) is 1.11. The Hall–Kier alpha value is -1.62. The van der Waals surface area contributed by atoms with E-state index in [4.69, 9.17) is 4.74 Å². The van der Waals surface area contributed by atoms with Crippen molar-refractivity contribution in [1.29, 1.82) is 0 Å². The van der Waals surface area contributed by atoms with Crippen molar-refractivity contribution in [2.75, 3.05) is 6.61 Å². The quantitative estimate of drug-likeness (QED) is 0.615. The van der Waals surface area contributed by atoms with Gasteiger partial charge in [-0.15, -0.1) is 0 Å². The summed E-state index contributed by atoms with van der Waals surface area (Å²) in [5.74, 6) is 0.443. The maximum atomic E-state index is 10.5. The van der Waals surface area contributed by atoms with Crippen molar-refractivity contribution in [3.8, 4) is 5.75 Å². The van der Waals surface area contributed by atoms with Crippen LogP contribution in [0.25, 0.3) is 0 Å². The molecule has 0 aromatic heterocycles. The summed E-state index contributed by atoms with van der Waals surface area (Å²) >= 11 is 0. The zero-order valence-electron chi connectivity index (χ0n) is 9.34. The number of ether oxygens (including phenoxy) is 1. The van der Waals surface area contributed by atoms with Gasteiger partial charge in [0.2, 0.25) is 0 Å². The van der Waals surface area contributed by atoms with Crippen LogP contribution < -0.4 is 4.74 Å². The summed E-state index contributed by atoms with van der Waals surface area (Å²) in [4.78, 5) is 10.0. The second kappa shape index (κ2) is 4.94. The number of nitro groups is 1. The number of nitro benzene ring substituents is 1. The van der Waals surface area contributed by atoms with E-state index in [0.29, 0.717) is 18.8 Å². The average molecular weight is 225 g/mol. The SMILES string of the molecule is CC(C)(O)CCOc1cccc([N+](=O)[O-])c1. The summed E-state index contributed by atoms with van der Waals surface area (Å²) < 4.78 is 5.31. The molecule has 0 aliphatic rings. The molecular weight excluding hydrogens is 210 g/mol. The van der Waals surface area contributed by atoms with E-state index < -0.39 is 10.5 Å². The maximum absolute atomic E-state index is 10.5. The summed E-state index contributed by atoms with van der Waals surface area (Å²) in [6, 6.07) is 5.99. The largest absolute Gasteiger partial charge is 0.493 e. The third-order valence-corrected chi connectivity index (χ3v) is 2.01. The lowest BCUT2D eigenvalue weighted by molar-refractivity contribution is -0.384. The van der Waals surface area contributed by atoms with E-state index in [1.807, 2.05) is 0 Å². The van der Waals surface area contributed by atoms with Crippen molar-refractivity contribution in [2.24, 2.45) is 0 Å². The molecule has 0 aliphatic carbocycles. The highest BCUT2D eigenvalue weighted by Gasteiger charge is 2.12. The molecule has 88 valence electrons. The Morgan fingerprint density at radius 1 is 1.50 bits per heavy atom. The highest BCUT2D eigenvalue weighted by Crippen LogP contribution is 2.19. The number of hydrogen-bond donors (Lipinski definition) is 1. The van der Waals surface area contributed by atoms with Gasteiger partial charge in [-0.2, -0.15) is 0 Å². The van der Waals surface area contributed by atoms with E-state index in [2.05, 4.69) is 0 Å². The predicted octanol–water partition coefficient (Wildman–Crippen LogP) is 2.13. The Balaban J connectivity index is 2.55. The van der Waals surface area contributed by atoms with Crippen molar-refractivity contribution in [1.82, 2.24) is 0 Å². The molecule has 1 aromatic carbocycles. The lowest BCUT2D eigenvalue weighted by atomic mass is 10.1.